The summed E-state index contributed by atoms with van der Waals surface area (Å²) in [6.45, 7) is 1.30. The molecule has 0 aliphatic rings. The highest BCUT2D eigenvalue weighted by atomic mass is 32.1. The van der Waals surface area contributed by atoms with E-state index >= 15 is 0 Å². The van der Waals surface area contributed by atoms with Crippen molar-refractivity contribution < 1.29 is 9.53 Å². The highest BCUT2D eigenvalue weighted by Crippen LogP contribution is 2.12. The van der Waals surface area contributed by atoms with Gasteiger partial charge >= 0.3 is 5.97 Å². The number of hydrogen-bond donors (Lipinski definition) is 0. The van der Waals surface area contributed by atoms with E-state index in [0.717, 1.165) is 4.88 Å². The molecule has 0 fully saturated rings. The van der Waals surface area contributed by atoms with Crippen LogP contribution in [0.5, 0.6) is 0 Å². The predicted molar refractivity (Wildman–Crippen MR) is 49.2 cm³/mol. The maximum Gasteiger partial charge on any atom is 0.303 e. The third kappa shape index (κ3) is 3.26. The smallest absolute Gasteiger partial charge is 0.303 e. The van der Waals surface area contributed by atoms with Gasteiger partial charge in [-0.05, 0) is 11.4 Å². The maximum absolute atomic E-state index is 10.6. The number of carbonyl (C=O) groups excluding carboxylic acids is 1. The van der Waals surface area contributed by atoms with E-state index in [1.165, 1.54) is 6.92 Å². The Balaban J connectivity index is 2.51. The van der Waals surface area contributed by atoms with Gasteiger partial charge in [0, 0.05) is 18.2 Å². The molecule has 0 aliphatic heterocycles. The molecule has 1 rings (SSSR count). The number of carbonyl (C=O) groups is 1. The summed E-state index contributed by atoms with van der Waals surface area (Å²) in [6.07, 6.45) is -0.176. The topological polar surface area (TPSA) is 50.1 Å². The Hall–Kier alpha value is -1.34. The first-order valence-corrected chi connectivity index (χ1v) is 4.69. The molecule has 1 aromatic heterocycles. The molecule has 1 aromatic rings. The van der Waals surface area contributed by atoms with E-state index in [1.54, 1.807) is 11.3 Å². The Morgan fingerprint density at radius 1 is 1.85 bits per heavy atom. The van der Waals surface area contributed by atoms with Crippen LogP contribution in [0.15, 0.2) is 17.5 Å². The average molecular weight is 195 g/mol. The molecule has 0 spiro atoms. The molecular weight excluding hydrogens is 186 g/mol. The number of ether oxygens (including phenoxy) is 1. The van der Waals surface area contributed by atoms with Crippen LogP contribution in [-0.2, 0) is 16.0 Å². The molecular formula is C9H9NO2S. The molecule has 13 heavy (non-hydrogen) atoms. The van der Waals surface area contributed by atoms with Crippen molar-refractivity contribution >= 4 is 17.3 Å². The fraction of sp³-hybridized carbons (Fsp3) is 0.333. The van der Waals surface area contributed by atoms with Crippen molar-refractivity contribution in [3.05, 3.63) is 22.4 Å². The van der Waals surface area contributed by atoms with E-state index in [4.69, 9.17) is 10.00 Å². The van der Waals surface area contributed by atoms with Crippen LogP contribution in [0.3, 0.4) is 0 Å². The monoisotopic (exact) mass is 195 g/mol. The molecule has 0 amide bonds. The SMILES string of the molecule is CC(=O)OC(C#N)Cc1cccs1. The van der Waals surface area contributed by atoms with Crippen molar-refractivity contribution in [1.82, 2.24) is 0 Å². The summed E-state index contributed by atoms with van der Waals surface area (Å²) in [5, 5.41) is 10.6. The predicted octanol–water partition coefficient (Wildman–Crippen LogP) is 1.75. The number of esters is 1. The van der Waals surface area contributed by atoms with E-state index in [-0.39, 0.29) is 0 Å². The number of thiophene rings is 1. The van der Waals surface area contributed by atoms with E-state index in [1.807, 2.05) is 23.6 Å². The van der Waals surface area contributed by atoms with Crippen LogP contribution < -0.4 is 0 Å². The lowest BCUT2D eigenvalue weighted by Crippen LogP contribution is -2.16. The van der Waals surface area contributed by atoms with E-state index in [9.17, 15) is 4.79 Å². The number of rotatable bonds is 3. The molecule has 0 aromatic carbocycles. The molecule has 68 valence electrons. The second-order valence-corrected chi connectivity index (χ2v) is 3.54. The van der Waals surface area contributed by atoms with Gasteiger partial charge < -0.3 is 4.74 Å². The van der Waals surface area contributed by atoms with Gasteiger partial charge in [0.2, 0.25) is 0 Å². The number of hydrogen-bond acceptors (Lipinski definition) is 4. The fourth-order valence-electron chi connectivity index (χ4n) is 0.925. The lowest BCUT2D eigenvalue weighted by Gasteiger charge is -2.06. The minimum Gasteiger partial charge on any atom is -0.447 e. The third-order valence-corrected chi connectivity index (χ3v) is 2.32. The molecule has 0 aliphatic carbocycles. The molecule has 1 atom stereocenters. The van der Waals surface area contributed by atoms with Crippen LogP contribution in [0.1, 0.15) is 11.8 Å². The van der Waals surface area contributed by atoms with Gasteiger partial charge in [0.15, 0.2) is 6.10 Å². The van der Waals surface area contributed by atoms with Crippen molar-refractivity contribution in [2.24, 2.45) is 0 Å². The van der Waals surface area contributed by atoms with Gasteiger partial charge in [-0.1, -0.05) is 6.07 Å². The van der Waals surface area contributed by atoms with Gasteiger partial charge in [-0.15, -0.1) is 11.3 Å². The summed E-state index contributed by atoms with van der Waals surface area (Å²) in [7, 11) is 0. The standard InChI is InChI=1S/C9H9NO2S/c1-7(11)12-8(6-10)5-9-3-2-4-13-9/h2-4,8H,5H2,1H3. The molecule has 0 bridgehead atoms. The molecule has 3 nitrogen and oxygen atoms in total. The summed E-state index contributed by atoms with van der Waals surface area (Å²) in [5.74, 6) is -0.414. The quantitative estimate of drug-likeness (QED) is 0.690. The molecule has 0 saturated heterocycles. The van der Waals surface area contributed by atoms with Gasteiger partial charge in [0.05, 0.1) is 0 Å². The molecule has 1 heterocycles. The molecule has 4 heteroatoms. The van der Waals surface area contributed by atoms with Crippen LogP contribution >= 0.6 is 11.3 Å². The summed E-state index contributed by atoms with van der Waals surface area (Å²) < 4.78 is 4.78. The second kappa shape index (κ2) is 4.63. The highest BCUT2D eigenvalue weighted by Gasteiger charge is 2.11. The normalized spacial score (nSPS) is 11.7. The second-order valence-electron chi connectivity index (χ2n) is 2.51. The van der Waals surface area contributed by atoms with Crippen LogP contribution in [0.4, 0.5) is 0 Å². The van der Waals surface area contributed by atoms with Crippen LogP contribution in [0.2, 0.25) is 0 Å². The third-order valence-electron chi connectivity index (χ3n) is 1.42. The fourth-order valence-corrected chi connectivity index (χ4v) is 1.66. The lowest BCUT2D eigenvalue weighted by molar-refractivity contribution is -0.143. The Kier molecular flexibility index (Phi) is 3.47. The zero-order valence-corrected chi connectivity index (χ0v) is 8.00. The minimum atomic E-state index is -0.656. The lowest BCUT2D eigenvalue weighted by atomic mass is 10.2. The van der Waals surface area contributed by atoms with Gasteiger partial charge in [-0.25, -0.2) is 0 Å². The zero-order valence-electron chi connectivity index (χ0n) is 7.19. The first-order valence-electron chi connectivity index (χ1n) is 3.81. The van der Waals surface area contributed by atoms with E-state index in [0.29, 0.717) is 6.42 Å². The van der Waals surface area contributed by atoms with Crippen LogP contribution in [-0.4, -0.2) is 12.1 Å². The summed E-state index contributed by atoms with van der Waals surface area (Å²) >= 11 is 1.55. The first-order chi connectivity index (χ1) is 6.22. The van der Waals surface area contributed by atoms with Gasteiger partial charge in [0.1, 0.15) is 6.07 Å². The average Bonchev–Trinajstić information content (AvgIpc) is 2.55. The maximum atomic E-state index is 10.6. The summed E-state index contributed by atoms with van der Waals surface area (Å²) in [4.78, 5) is 11.6. The van der Waals surface area contributed by atoms with E-state index in [2.05, 4.69) is 0 Å². The van der Waals surface area contributed by atoms with Crippen molar-refractivity contribution in [3.63, 3.8) is 0 Å². The van der Waals surface area contributed by atoms with Gasteiger partial charge in [-0.3, -0.25) is 4.79 Å². The van der Waals surface area contributed by atoms with E-state index < -0.39 is 12.1 Å². The van der Waals surface area contributed by atoms with Crippen molar-refractivity contribution in [1.29, 1.82) is 5.26 Å². The number of nitrogens with zero attached hydrogens (tertiary/aromatic N) is 1. The molecule has 1 unspecified atom stereocenters. The van der Waals surface area contributed by atoms with Crippen LogP contribution in [0.25, 0.3) is 0 Å². The molecule has 0 saturated carbocycles. The highest BCUT2D eigenvalue weighted by molar-refractivity contribution is 7.09. The van der Waals surface area contributed by atoms with Crippen LogP contribution in [0, 0.1) is 11.3 Å². The Labute approximate surface area is 80.6 Å². The van der Waals surface area contributed by atoms with Crippen molar-refractivity contribution in [3.8, 4) is 6.07 Å². The Morgan fingerprint density at radius 3 is 3.08 bits per heavy atom. The van der Waals surface area contributed by atoms with Gasteiger partial charge in [0.25, 0.3) is 0 Å². The summed E-state index contributed by atoms with van der Waals surface area (Å²) in [5.41, 5.74) is 0. The van der Waals surface area contributed by atoms with Crippen molar-refractivity contribution in [2.45, 2.75) is 19.4 Å². The van der Waals surface area contributed by atoms with Gasteiger partial charge in [-0.2, -0.15) is 5.26 Å². The number of nitriles is 1. The molecule has 0 radical (unpaired) electrons. The first kappa shape index (κ1) is 9.75. The minimum absolute atomic E-state index is 0.414. The van der Waals surface area contributed by atoms with Crippen molar-refractivity contribution in [2.75, 3.05) is 0 Å². The Bertz CT molecular complexity index is 313. The zero-order chi connectivity index (χ0) is 9.68. The molecule has 0 N–H and O–H groups in total. The Morgan fingerprint density at radius 2 is 2.62 bits per heavy atom. The summed E-state index contributed by atoms with van der Waals surface area (Å²) in [6, 6.07) is 5.76. The largest absolute Gasteiger partial charge is 0.447 e.